The van der Waals surface area contributed by atoms with Crippen molar-refractivity contribution in [3.8, 4) is 0 Å². The second-order valence-corrected chi connectivity index (χ2v) is 5.45. The summed E-state index contributed by atoms with van der Waals surface area (Å²) in [6.45, 7) is 1.40. The number of hydrazone groups is 1. The van der Waals surface area contributed by atoms with E-state index in [4.69, 9.17) is 16.3 Å². The summed E-state index contributed by atoms with van der Waals surface area (Å²) < 4.78 is 4.88. The minimum absolute atomic E-state index is 0.100. The Morgan fingerprint density at radius 1 is 1.35 bits per heavy atom. The van der Waals surface area contributed by atoms with E-state index >= 15 is 0 Å². The number of amides is 2. The van der Waals surface area contributed by atoms with Crippen LogP contribution in [0.15, 0.2) is 29.4 Å². The van der Waals surface area contributed by atoms with Gasteiger partial charge in [-0.2, -0.15) is 5.10 Å². The fourth-order valence-electron chi connectivity index (χ4n) is 1.95. The lowest BCUT2D eigenvalue weighted by Crippen LogP contribution is -2.34. The van der Waals surface area contributed by atoms with E-state index in [0.717, 1.165) is 5.56 Å². The van der Waals surface area contributed by atoms with Crippen molar-refractivity contribution in [2.45, 2.75) is 25.8 Å². The summed E-state index contributed by atoms with van der Waals surface area (Å²) in [5.74, 6) is -1.39. The number of carbonyl (C=O) groups excluding carboxylic acids is 3. The molecule has 23 heavy (non-hydrogen) atoms. The summed E-state index contributed by atoms with van der Waals surface area (Å²) in [5.41, 5.74) is 3.18. The van der Waals surface area contributed by atoms with E-state index in [9.17, 15) is 14.4 Å². The molecule has 0 saturated heterocycles. The topological polar surface area (TPSA) is 96.9 Å². The van der Waals surface area contributed by atoms with E-state index in [1.165, 1.54) is 0 Å². The number of hydrogen-bond donors (Lipinski definition) is 2. The van der Waals surface area contributed by atoms with Crippen molar-refractivity contribution in [3.05, 3.63) is 34.9 Å². The fraction of sp³-hybridized carbons (Fsp3) is 0.333. The van der Waals surface area contributed by atoms with Crippen molar-refractivity contribution in [3.63, 3.8) is 0 Å². The lowest BCUT2D eigenvalue weighted by atomic mass is 10.1. The minimum atomic E-state index is -0.709. The van der Waals surface area contributed by atoms with Gasteiger partial charge in [0.2, 0.25) is 5.91 Å². The van der Waals surface area contributed by atoms with Crippen LogP contribution in [0, 0.1) is 0 Å². The Labute approximate surface area is 138 Å². The molecule has 0 fully saturated rings. The van der Waals surface area contributed by atoms with Crippen molar-refractivity contribution in [1.82, 2.24) is 10.7 Å². The van der Waals surface area contributed by atoms with Crippen LogP contribution < -0.4 is 10.7 Å². The first-order valence-electron chi connectivity index (χ1n) is 7.03. The van der Waals surface area contributed by atoms with Crippen LogP contribution in [0.25, 0.3) is 0 Å². The van der Waals surface area contributed by atoms with Crippen LogP contribution in [0.2, 0.25) is 5.02 Å². The van der Waals surface area contributed by atoms with E-state index in [2.05, 4.69) is 15.8 Å². The van der Waals surface area contributed by atoms with Crippen LogP contribution in [-0.4, -0.2) is 30.1 Å². The smallest absolute Gasteiger partial charge is 0.355 e. The van der Waals surface area contributed by atoms with Gasteiger partial charge in [-0.1, -0.05) is 23.7 Å². The molecule has 0 aromatic heterocycles. The second kappa shape index (κ2) is 7.73. The molecule has 1 aromatic carbocycles. The summed E-state index contributed by atoms with van der Waals surface area (Å²) in [7, 11) is 0. The molecule has 1 heterocycles. The van der Waals surface area contributed by atoms with Gasteiger partial charge in [-0.15, -0.1) is 0 Å². The van der Waals surface area contributed by atoms with Gasteiger partial charge >= 0.3 is 5.97 Å². The van der Waals surface area contributed by atoms with Crippen LogP contribution in [-0.2, 0) is 19.1 Å². The van der Waals surface area contributed by atoms with Crippen LogP contribution >= 0.6 is 11.6 Å². The average molecular weight is 338 g/mol. The molecule has 0 spiro atoms. The maximum atomic E-state index is 11.8. The molecule has 1 aliphatic rings. The molecule has 0 saturated carbocycles. The molecule has 1 atom stereocenters. The highest BCUT2D eigenvalue weighted by molar-refractivity contribution is 6.37. The van der Waals surface area contributed by atoms with Crippen LogP contribution in [0.5, 0.6) is 0 Å². The quantitative estimate of drug-likeness (QED) is 0.792. The minimum Gasteiger partial charge on any atom is -0.451 e. The molecule has 7 nitrogen and oxygen atoms in total. The maximum absolute atomic E-state index is 11.8. The normalized spacial score (nSPS) is 15.2. The van der Waals surface area contributed by atoms with Crippen molar-refractivity contribution in [2.24, 2.45) is 5.10 Å². The maximum Gasteiger partial charge on any atom is 0.355 e. The van der Waals surface area contributed by atoms with Crippen molar-refractivity contribution < 1.29 is 19.1 Å². The second-order valence-electron chi connectivity index (χ2n) is 5.01. The Balaban J connectivity index is 1.79. The third-order valence-corrected chi connectivity index (χ3v) is 3.47. The number of nitrogens with zero attached hydrogens (tertiary/aromatic N) is 1. The predicted molar refractivity (Wildman–Crippen MR) is 83.8 cm³/mol. The molecule has 2 amide bonds. The van der Waals surface area contributed by atoms with Crippen LogP contribution in [0.3, 0.4) is 0 Å². The van der Waals surface area contributed by atoms with Gasteiger partial charge in [0.15, 0.2) is 6.61 Å². The molecule has 0 aliphatic carbocycles. The number of esters is 1. The van der Waals surface area contributed by atoms with Gasteiger partial charge in [0.25, 0.3) is 5.91 Å². The fourth-order valence-corrected chi connectivity index (χ4v) is 2.08. The third-order valence-electron chi connectivity index (χ3n) is 3.22. The lowest BCUT2D eigenvalue weighted by molar-refractivity contribution is -0.142. The number of benzene rings is 1. The van der Waals surface area contributed by atoms with Gasteiger partial charge in [-0.05, 0) is 24.6 Å². The molecule has 2 N–H and O–H groups in total. The first kappa shape index (κ1) is 17.0. The molecule has 122 valence electrons. The zero-order valence-corrected chi connectivity index (χ0v) is 13.2. The monoisotopic (exact) mass is 337 g/mol. The zero-order chi connectivity index (χ0) is 16.8. The Kier molecular flexibility index (Phi) is 5.70. The van der Waals surface area contributed by atoms with Crippen molar-refractivity contribution in [1.29, 1.82) is 0 Å². The standard InChI is InChI=1S/C15H16ClN3O4/c1-9(10-2-4-11(16)5-3-10)17-14(21)8-23-15(22)12-6-7-13(20)19-18-12/h2-5,9H,6-8H2,1H3,(H,17,21)(H,19,20)/t9-/m1/s1. The summed E-state index contributed by atoms with van der Waals surface area (Å²) in [4.78, 5) is 34.4. The first-order chi connectivity index (χ1) is 11.0. The first-order valence-corrected chi connectivity index (χ1v) is 7.41. The summed E-state index contributed by atoms with van der Waals surface area (Å²) >= 11 is 5.81. The van der Waals surface area contributed by atoms with Gasteiger partial charge in [0, 0.05) is 17.9 Å². The Morgan fingerprint density at radius 2 is 2.04 bits per heavy atom. The van der Waals surface area contributed by atoms with E-state index in [1.807, 2.05) is 6.92 Å². The molecule has 2 rings (SSSR count). The van der Waals surface area contributed by atoms with Crippen molar-refractivity contribution in [2.75, 3.05) is 6.61 Å². The predicted octanol–water partition coefficient (Wildman–Crippen LogP) is 1.33. The number of hydrogen-bond acceptors (Lipinski definition) is 5. The average Bonchev–Trinajstić information content (AvgIpc) is 2.54. The van der Waals surface area contributed by atoms with Gasteiger partial charge in [0.1, 0.15) is 5.71 Å². The molecule has 0 unspecified atom stereocenters. The molecule has 1 aromatic rings. The molecule has 0 radical (unpaired) electrons. The largest absolute Gasteiger partial charge is 0.451 e. The highest BCUT2D eigenvalue weighted by atomic mass is 35.5. The summed E-state index contributed by atoms with van der Waals surface area (Å²) in [6, 6.07) is 6.83. The van der Waals surface area contributed by atoms with Crippen LogP contribution in [0.1, 0.15) is 31.4 Å². The Bertz CT molecular complexity index is 643. The van der Waals surface area contributed by atoms with E-state index in [-0.39, 0.29) is 30.5 Å². The highest BCUT2D eigenvalue weighted by Gasteiger charge is 2.20. The van der Waals surface area contributed by atoms with E-state index in [0.29, 0.717) is 5.02 Å². The SMILES string of the molecule is C[C@@H](NC(=O)COC(=O)C1=NNC(=O)CC1)c1ccc(Cl)cc1. The molecular formula is C15H16ClN3O4. The number of rotatable bonds is 5. The number of ether oxygens (including phenoxy) is 1. The molecule has 1 aliphatic heterocycles. The molecule has 0 bridgehead atoms. The molecule has 8 heteroatoms. The van der Waals surface area contributed by atoms with Gasteiger partial charge < -0.3 is 10.1 Å². The van der Waals surface area contributed by atoms with Gasteiger partial charge in [-0.25, -0.2) is 10.2 Å². The zero-order valence-electron chi connectivity index (χ0n) is 12.5. The Morgan fingerprint density at radius 3 is 2.65 bits per heavy atom. The van der Waals surface area contributed by atoms with Crippen LogP contribution in [0.4, 0.5) is 0 Å². The third kappa shape index (κ3) is 5.07. The van der Waals surface area contributed by atoms with Gasteiger partial charge in [-0.3, -0.25) is 9.59 Å². The Hall–Kier alpha value is -2.41. The van der Waals surface area contributed by atoms with Crippen molar-refractivity contribution >= 4 is 35.1 Å². The van der Waals surface area contributed by atoms with E-state index in [1.54, 1.807) is 24.3 Å². The highest BCUT2D eigenvalue weighted by Crippen LogP contribution is 2.15. The summed E-state index contributed by atoms with van der Waals surface area (Å²) in [5, 5.41) is 6.93. The molecular weight excluding hydrogens is 322 g/mol. The summed E-state index contributed by atoms with van der Waals surface area (Å²) in [6.07, 6.45) is 0.376. The number of halogens is 1. The number of nitrogens with one attached hydrogen (secondary N) is 2. The van der Waals surface area contributed by atoms with Gasteiger partial charge in [0.05, 0.1) is 6.04 Å². The number of carbonyl (C=O) groups is 3. The van der Waals surface area contributed by atoms with E-state index < -0.39 is 18.5 Å². The lowest BCUT2D eigenvalue weighted by Gasteiger charge is -2.15.